The first kappa shape index (κ1) is 12.6. The third kappa shape index (κ3) is 5.46. The average molecular weight is 223 g/mol. The Balaban J connectivity index is 2.02. The van der Waals surface area contributed by atoms with E-state index in [2.05, 4.69) is 4.98 Å². The summed E-state index contributed by atoms with van der Waals surface area (Å²) in [6.07, 6.45) is 2.84. The number of hydrogen-bond acceptors (Lipinski definition) is 4. The van der Waals surface area contributed by atoms with Gasteiger partial charge in [-0.05, 0) is 19.1 Å². The molecule has 1 rings (SSSR count). The van der Waals surface area contributed by atoms with E-state index in [1.807, 2.05) is 18.2 Å². The van der Waals surface area contributed by atoms with Crippen molar-refractivity contribution in [1.82, 2.24) is 4.98 Å². The van der Waals surface area contributed by atoms with E-state index < -0.39 is 0 Å². The zero-order valence-corrected chi connectivity index (χ0v) is 9.52. The predicted octanol–water partition coefficient (Wildman–Crippen LogP) is 1.59. The molecule has 0 aliphatic carbocycles. The highest BCUT2D eigenvalue weighted by Crippen LogP contribution is 1.95. The summed E-state index contributed by atoms with van der Waals surface area (Å²) in [4.78, 5) is 15.1. The zero-order valence-electron chi connectivity index (χ0n) is 9.52. The zero-order chi connectivity index (χ0) is 11.6. The summed E-state index contributed by atoms with van der Waals surface area (Å²) < 4.78 is 10.1. The number of aromatic nitrogens is 1. The number of hydrogen-bond donors (Lipinski definition) is 0. The van der Waals surface area contributed by atoms with Crippen molar-refractivity contribution in [2.75, 3.05) is 19.8 Å². The minimum absolute atomic E-state index is 0.208. The van der Waals surface area contributed by atoms with Crippen LogP contribution < -0.4 is 0 Å². The SMILES string of the molecule is CCOC(=O)CCOCCc1ccccn1. The Morgan fingerprint density at radius 3 is 2.94 bits per heavy atom. The van der Waals surface area contributed by atoms with Gasteiger partial charge in [0.1, 0.15) is 0 Å². The minimum Gasteiger partial charge on any atom is -0.466 e. The van der Waals surface area contributed by atoms with Gasteiger partial charge < -0.3 is 9.47 Å². The lowest BCUT2D eigenvalue weighted by Crippen LogP contribution is -2.09. The van der Waals surface area contributed by atoms with E-state index in [4.69, 9.17) is 9.47 Å². The van der Waals surface area contributed by atoms with E-state index in [0.29, 0.717) is 26.2 Å². The first-order chi connectivity index (χ1) is 7.83. The number of rotatable bonds is 7. The monoisotopic (exact) mass is 223 g/mol. The smallest absolute Gasteiger partial charge is 0.308 e. The second-order valence-corrected chi connectivity index (χ2v) is 3.24. The molecule has 16 heavy (non-hydrogen) atoms. The van der Waals surface area contributed by atoms with Gasteiger partial charge in [-0.15, -0.1) is 0 Å². The fourth-order valence-electron chi connectivity index (χ4n) is 1.21. The van der Waals surface area contributed by atoms with Gasteiger partial charge in [-0.2, -0.15) is 0 Å². The third-order valence-corrected chi connectivity index (χ3v) is 1.98. The normalized spacial score (nSPS) is 10.1. The number of ether oxygens (including phenoxy) is 2. The summed E-state index contributed by atoms with van der Waals surface area (Å²) in [6, 6.07) is 5.78. The van der Waals surface area contributed by atoms with Gasteiger partial charge in [-0.1, -0.05) is 6.07 Å². The summed E-state index contributed by atoms with van der Waals surface area (Å²) in [5, 5.41) is 0. The van der Waals surface area contributed by atoms with E-state index >= 15 is 0 Å². The minimum atomic E-state index is -0.208. The summed E-state index contributed by atoms with van der Waals surface area (Å²) in [5.74, 6) is -0.208. The molecule has 1 aromatic rings. The topological polar surface area (TPSA) is 48.4 Å². The van der Waals surface area contributed by atoms with Crippen molar-refractivity contribution in [3.8, 4) is 0 Å². The van der Waals surface area contributed by atoms with E-state index in [-0.39, 0.29) is 5.97 Å². The fourth-order valence-corrected chi connectivity index (χ4v) is 1.21. The molecule has 1 heterocycles. The number of nitrogens with zero attached hydrogens (tertiary/aromatic N) is 1. The third-order valence-electron chi connectivity index (χ3n) is 1.98. The van der Waals surface area contributed by atoms with Crippen LogP contribution in [0.2, 0.25) is 0 Å². The van der Waals surface area contributed by atoms with Gasteiger partial charge in [-0.25, -0.2) is 0 Å². The standard InChI is InChI=1S/C12H17NO3/c1-2-16-12(14)7-10-15-9-6-11-5-3-4-8-13-11/h3-5,8H,2,6-7,9-10H2,1H3. The van der Waals surface area contributed by atoms with Crippen LogP contribution in [0.5, 0.6) is 0 Å². The molecule has 88 valence electrons. The lowest BCUT2D eigenvalue weighted by molar-refractivity contribution is -0.144. The molecule has 0 spiro atoms. The van der Waals surface area contributed by atoms with Gasteiger partial charge >= 0.3 is 5.97 Å². The molecule has 0 atom stereocenters. The molecule has 0 bridgehead atoms. The Morgan fingerprint density at radius 2 is 2.25 bits per heavy atom. The lowest BCUT2D eigenvalue weighted by Gasteiger charge is -2.03. The molecule has 0 saturated carbocycles. The Labute approximate surface area is 95.6 Å². The molecule has 0 aromatic carbocycles. The van der Waals surface area contributed by atoms with Crippen LogP contribution in [-0.4, -0.2) is 30.8 Å². The Morgan fingerprint density at radius 1 is 1.38 bits per heavy atom. The van der Waals surface area contributed by atoms with Crippen LogP contribution in [-0.2, 0) is 20.7 Å². The molecule has 0 fully saturated rings. The summed E-state index contributed by atoms with van der Waals surface area (Å²) in [6.45, 7) is 3.20. The van der Waals surface area contributed by atoms with Gasteiger partial charge in [0, 0.05) is 18.3 Å². The van der Waals surface area contributed by atoms with Crippen molar-refractivity contribution in [2.24, 2.45) is 0 Å². The Kier molecular flexibility index (Phi) is 6.18. The van der Waals surface area contributed by atoms with E-state index in [1.165, 1.54) is 0 Å². The van der Waals surface area contributed by atoms with Crippen LogP contribution in [0.1, 0.15) is 19.0 Å². The Hall–Kier alpha value is -1.42. The van der Waals surface area contributed by atoms with Crippen LogP contribution in [0, 0.1) is 0 Å². The molecule has 1 aromatic heterocycles. The molecular weight excluding hydrogens is 206 g/mol. The second-order valence-electron chi connectivity index (χ2n) is 3.24. The first-order valence-corrected chi connectivity index (χ1v) is 5.46. The molecule has 0 saturated heterocycles. The van der Waals surface area contributed by atoms with Crippen LogP contribution in [0.4, 0.5) is 0 Å². The molecule has 0 amide bonds. The maximum absolute atomic E-state index is 11.0. The predicted molar refractivity (Wildman–Crippen MR) is 60.0 cm³/mol. The average Bonchev–Trinajstić information content (AvgIpc) is 2.30. The largest absolute Gasteiger partial charge is 0.466 e. The number of carbonyl (C=O) groups is 1. The van der Waals surface area contributed by atoms with Crippen molar-refractivity contribution < 1.29 is 14.3 Å². The van der Waals surface area contributed by atoms with Crippen molar-refractivity contribution >= 4 is 5.97 Å². The Bertz CT molecular complexity index is 300. The molecule has 0 aliphatic rings. The number of carbonyl (C=O) groups excluding carboxylic acids is 1. The van der Waals surface area contributed by atoms with E-state index in [1.54, 1.807) is 13.1 Å². The van der Waals surface area contributed by atoms with Gasteiger partial charge in [0.25, 0.3) is 0 Å². The number of esters is 1. The van der Waals surface area contributed by atoms with Crippen molar-refractivity contribution in [3.05, 3.63) is 30.1 Å². The highest BCUT2D eigenvalue weighted by Gasteiger charge is 2.00. The molecule has 0 unspecified atom stereocenters. The quantitative estimate of drug-likeness (QED) is 0.520. The summed E-state index contributed by atoms with van der Waals surface area (Å²) >= 11 is 0. The van der Waals surface area contributed by atoms with Gasteiger partial charge in [0.15, 0.2) is 0 Å². The number of pyridine rings is 1. The van der Waals surface area contributed by atoms with Crippen LogP contribution in [0.25, 0.3) is 0 Å². The maximum Gasteiger partial charge on any atom is 0.308 e. The van der Waals surface area contributed by atoms with E-state index in [0.717, 1.165) is 12.1 Å². The van der Waals surface area contributed by atoms with Gasteiger partial charge in [0.2, 0.25) is 0 Å². The van der Waals surface area contributed by atoms with Gasteiger partial charge in [0.05, 0.1) is 26.2 Å². The van der Waals surface area contributed by atoms with Gasteiger partial charge in [-0.3, -0.25) is 9.78 Å². The molecule has 0 radical (unpaired) electrons. The highest BCUT2D eigenvalue weighted by atomic mass is 16.5. The van der Waals surface area contributed by atoms with Crippen molar-refractivity contribution in [1.29, 1.82) is 0 Å². The summed E-state index contributed by atoms with van der Waals surface area (Å²) in [5.41, 5.74) is 0.999. The fraction of sp³-hybridized carbons (Fsp3) is 0.500. The van der Waals surface area contributed by atoms with Crippen molar-refractivity contribution in [3.63, 3.8) is 0 Å². The summed E-state index contributed by atoms with van der Waals surface area (Å²) in [7, 11) is 0. The first-order valence-electron chi connectivity index (χ1n) is 5.46. The molecule has 0 aliphatic heterocycles. The van der Waals surface area contributed by atoms with Crippen LogP contribution in [0.15, 0.2) is 24.4 Å². The molecule has 4 heteroatoms. The second kappa shape index (κ2) is 7.82. The maximum atomic E-state index is 11.0. The van der Waals surface area contributed by atoms with E-state index in [9.17, 15) is 4.79 Å². The molecular formula is C12H17NO3. The van der Waals surface area contributed by atoms with Crippen LogP contribution in [0.3, 0.4) is 0 Å². The lowest BCUT2D eigenvalue weighted by atomic mass is 10.3. The highest BCUT2D eigenvalue weighted by molar-refractivity contribution is 5.69. The van der Waals surface area contributed by atoms with Crippen molar-refractivity contribution in [2.45, 2.75) is 19.8 Å². The molecule has 0 N–H and O–H groups in total. The van der Waals surface area contributed by atoms with Crippen LogP contribution >= 0.6 is 0 Å². The molecule has 4 nitrogen and oxygen atoms in total.